The Morgan fingerprint density at radius 1 is 1.15 bits per heavy atom. The van der Waals surface area contributed by atoms with Crippen LogP contribution in [0.15, 0.2) is 0 Å². The molecule has 0 bridgehead atoms. The van der Waals surface area contributed by atoms with Gasteiger partial charge in [0.25, 0.3) is 0 Å². The van der Waals surface area contributed by atoms with Crippen molar-refractivity contribution in [2.24, 2.45) is 0 Å². The Morgan fingerprint density at radius 3 is 1.85 bits per heavy atom. The highest BCUT2D eigenvalue weighted by Gasteiger charge is 2.46. The maximum Gasteiger partial charge on any atom is 0.391 e. The summed E-state index contributed by atoms with van der Waals surface area (Å²) in [6, 6.07) is 0. The van der Waals surface area contributed by atoms with Crippen LogP contribution in [0.4, 0.5) is 26.3 Å². The topological polar surface area (TPSA) is 9.23 Å². The zero-order valence-corrected chi connectivity index (χ0v) is 6.67. The van der Waals surface area contributed by atoms with Gasteiger partial charge in [-0.05, 0) is 0 Å². The van der Waals surface area contributed by atoms with E-state index in [2.05, 4.69) is 4.74 Å². The molecule has 0 aliphatic heterocycles. The Bertz CT molecular complexity index is 154. The first kappa shape index (κ1) is 12.5. The quantitative estimate of drug-likeness (QED) is 0.648. The third-order valence-electron chi connectivity index (χ3n) is 1.35. The number of rotatable bonds is 4. The van der Waals surface area contributed by atoms with E-state index < -0.39 is 31.3 Å². The molecule has 0 N–H and O–H groups in total. The lowest BCUT2D eigenvalue weighted by molar-refractivity contribution is -0.205. The molecule has 0 aromatic heterocycles. The van der Waals surface area contributed by atoms with Gasteiger partial charge in [-0.1, -0.05) is 0 Å². The first-order valence-electron chi connectivity index (χ1n) is 3.26. The van der Waals surface area contributed by atoms with Gasteiger partial charge in [0.1, 0.15) is 6.10 Å². The van der Waals surface area contributed by atoms with Gasteiger partial charge in [0, 0.05) is 7.11 Å². The van der Waals surface area contributed by atoms with Crippen LogP contribution in [0.5, 0.6) is 0 Å². The van der Waals surface area contributed by atoms with E-state index in [0.717, 1.165) is 0 Å². The van der Waals surface area contributed by atoms with Crippen LogP contribution in [0.3, 0.4) is 0 Å². The standard InChI is InChI=1S/C6H8F6O/c1-13-4(2-6(10,11)12)5(8,9)3-7/h4H,2-3H2,1H3. The van der Waals surface area contributed by atoms with Crippen LogP contribution in [0.1, 0.15) is 6.42 Å². The first-order chi connectivity index (χ1) is 5.73. The predicted molar refractivity (Wildman–Crippen MR) is 32.4 cm³/mol. The SMILES string of the molecule is COC(CC(F)(F)F)C(F)(F)CF. The zero-order valence-electron chi connectivity index (χ0n) is 6.67. The number of methoxy groups -OCH3 is 1. The van der Waals surface area contributed by atoms with Crippen LogP contribution in [-0.4, -0.2) is 32.0 Å². The first-order valence-corrected chi connectivity index (χ1v) is 3.26. The van der Waals surface area contributed by atoms with Crippen LogP contribution in [-0.2, 0) is 4.74 Å². The highest BCUT2D eigenvalue weighted by atomic mass is 19.4. The lowest BCUT2D eigenvalue weighted by Crippen LogP contribution is -2.40. The molecule has 0 aliphatic rings. The molecule has 0 radical (unpaired) electrons. The molecule has 0 saturated carbocycles. The molecule has 0 aromatic rings. The van der Waals surface area contributed by atoms with Crippen molar-refractivity contribution in [2.45, 2.75) is 24.6 Å². The summed E-state index contributed by atoms with van der Waals surface area (Å²) in [6.07, 6.45) is -9.11. The molecular weight excluding hydrogens is 202 g/mol. The summed E-state index contributed by atoms with van der Waals surface area (Å²) in [7, 11) is 0.681. The van der Waals surface area contributed by atoms with Crippen LogP contribution in [0.2, 0.25) is 0 Å². The van der Waals surface area contributed by atoms with Crippen molar-refractivity contribution in [2.75, 3.05) is 13.8 Å². The molecule has 0 spiro atoms. The van der Waals surface area contributed by atoms with Gasteiger partial charge in [-0.15, -0.1) is 0 Å². The van der Waals surface area contributed by atoms with Gasteiger partial charge in [0.15, 0.2) is 6.67 Å². The van der Waals surface area contributed by atoms with Gasteiger partial charge < -0.3 is 4.74 Å². The Labute approximate surface area is 70.7 Å². The lowest BCUT2D eigenvalue weighted by atomic mass is 10.1. The zero-order chi connectivity index (χ0) is 10.7. The summed E-state index contributed by atoms with van der Waals surface area (Å²) >= 11 is 0. The summed E-state index contributed by atoms with van der Waals surface area (Å²) in [5.41, 5.74) is 0. The van der Waals surface area contributed by atoms with E-state index in [1.807, 2.05) is 0 Å². The maximum atomic E-state index is 12.3. The van der Waals surface area contributed by atoms with Crippen LogP contribution < -0.4 is 0 Å². The van der Waals surface area contributed by atoms with Gasteiger partial charge in [-0.3, -0.25) is 0 Å². The smallest absolute Gasteiger partial charge is 0.375 e. The number of hydrogen-bond donors (Lipinski definition) is 0. The van der Waals surface area contributed by atoms with E-state index in [4.69, 9.17) is 0 Å². The molecule has 0 saturated heterocycles. The van der Waals surface area contributed by atoms with Crippen molar-refractivity contribution < 1.29 is 31.1 Å². The highest BCUT2D eigenvalue weighted by Crippen LogP contribution is 2.31. The van der Waals surface area contributed by atoms with Crippen molar-refractivity contribution in [3.05, 3.63) is 0 Å². The van der Waals surface area contributed by atoms with Crippen LogP contribution >= 0.6 is 0 Å². The second kappa shape index (κ2) is 4.17. The molecule has 1 nitrogen and oxygen atoms in total. The summed E-state index contributed by atoms with van der Waals surface area (Å²) in [6.45, 7) is -2.17. The average molecular weight is 210 g/mol. The molecule has 0 rings (SSSR count). The molecular formula is C6H8F6O. The fourth-order valence-electron chi connectivity index (χ4n) is 0.701. The molecule has 0 amide bonds. The Balaban J connectivity index is 4.35. The van der Waals surface area contributed by atoms with Crippen LogP contribution in [0.25, 0.3) is 0 Å². The lowest BCUT2D eigenvalue weighted by Gasteiger charge is -2.23. The average Bonchev–Trinajstić information content (AvgIpc) is 1.98. The van der Waals surface area contributed by atoms with Crippen molar-refractivity contribution >= 4 is 0 Å². The van der Waals surface area contributed by atoms with Crippen molar-refractivity contribution in [3.63, 3.8) is 0 Å². The van der Waals surface area contributed by atoms with Crippen molar-refractivity contribution in [1.29, 1.82) is 0 Å². The second-order valence-electron chi connectivity index (χ2n) is 2.44. The third kappa shape index (κ3) is 4.35. The molecule has 13 heavy (non-hydrogen) atoms. The molecule has 1 unspecified atom stereocenters. The number of alkyl halides is 6. The van der Waals surface area contributed by atoms with Crippen molar-refractivity contribution in [3.8, 4) is 0 Å². The number of hydrogen-bond acceptors (Lipinski definition) is 1. The summed E-state index contributed by atoms with van der Waals surface area (Å²) in [4.78, 5) is 0. The molecule has 1 atom stereocenters. The highest BCUT2D eigenvalue weighted by molar-refractivity contribution is 4.79. The largest absolute Gasteiger partial charge is 0.391 e. The molecule has 0 aromatic carbocycles. The fraction of sp³-hybridized carbons (Fsp3) is 1.00. The van der Waals surface area contributed by atoms with E-state index in [1.165, 1.54) is 0 Å². The van der Waals surface area contributed by atoms with E-state index >= 15 is 0 Å². The second-order valence-corrected chi connectivity index (χ2v) is 2.44. The summed E-state index contributed by atoms with van der Waals surface area (Å²) in [5.74, 6) is -4.09. The monoisotopic (exact) mass is 210 g/mol. The van der Waals surface area contributed by atoms with Crippen LogP contribution in [0, 0.1) is 0 Å². The van der Waals surface area contributed by atoms with Gasteiger partial charge in [0.05, 0.1) is 6.42 Å². The van der Waals surface area contributed by atoms with Gasteiger partial charge in [-0.25, -0.2) is 13.2 Å². The molecule has 0 heterocycles. The normalized spacial score (nSPS) is 15.9. The van der Waals surface area contributed by atoms with E-state index in [0.29, 0.717) is 7.11 Å². The number of halogens is 6. The Kier molecular flexibility index (Phi) is 4.02. The minimum atomic E-state index is -4.79. The molecule has 80 valence electrons. The fourth-order valence-corrected chi connectivity index (χ4v) is 0.701. The van der Waals surface area contributed by atoms with Gasteiger partial charge in [-0.2, -0.15) is 13.2 Å². The summed E-state index contributed by atoms with van der Waals surface area (Å²) < 4.78 is 75.0. The van der Waals surface area contributed by atoms with E-state index in [9.17, 15) is 26.3 Å². The third-order valence-corrected chi connectivity index (χ3v) is 1.35. The summed E-state index contributed by atoms with van der Waals surface area (Å²) in [5, 5.41) is 0. The Hall–Kier alpha value is -0.460. The minimum absolute atomic E-state index is 0.681. The number of ether oxygens (including phenoxy) is 1. The van der Waals surface area contributed by atoms with E-state index in [1.54, 1.807) is 0 Å². The van der Waals surface area contributed by atoms with Gasteiger partial charge >= 0.3 is 12.1 Å². The minimum Gasteiger partial charge on any atom is -0.375 e. The van der Waals surface area contributed by atoms with Crippen molar-refractivity contribution in [1.82, 2.24) is 0 Å². The molecule has 0 fully saturated rings. The maximum absolute atomic E-state index is 12.3. The molecule has 0 aliphatic carbocycles. The van der Waals surface area contributed by atoms with Gasteiger partial charge in [0.2, 0.25) is 0 Å². The molecule has 7 heteroatoms. The predicted octanol–water partition coefficient (Wildman–Crippen LogP) is 2.56. The Morgan fingerprint density at radius 2 is 1.62 bits per heavy atom. The van der Waals surface area contributed by atoms with E-state index in [-0.39, 0.29) is 0 Å².